The van der Waals surface area contributed by atoms with Gasteiger partial charge in [0.05, 0.1) is 12.5 Å². The van der Waals surface area contributed by atoms with Crippen molar-refractivity contribution in [2.75, 3.05) is 20.7 Å². The van der Waals surface area contributed by atoms with Crippen LogP contribution in [0.1, 0.15) is 36.1 Å². The van der Waals surface area contributed by atoms with Gasteiger partial charge in [-0.15, -0.1) is 0 Å². The van der Waals surface area contributed by atoms with Crippen LogP contribution in [-0.4, -0.2) is 47.9 Å². The second kappa shape index (κ2) is 9.04. The molecule has 0 spiro atoms. The second-order valence-electron chi connectivity index (χ2n) is 8.71. The van der Waals surface area contributed by atoms with E-state index in [9.17, 15) is 9.59 Å². The van der Waals surface area contributed by atoms with Crippen molar-refractivity contribution in [2.45, 2.75) is 39.5 Å². The van der Waals surface area contributed by atoms with Crippen molar-refractivity contribution in [3.63, 3.8) is 0 Å². The Hall–Kier alpha value is -3.32. The van der Waals surface area contributed by atoms with Crippen LogP contribution < -0.4 is 5.32 Å². The van der Waals surface area contributed by atoms with E-state index >= 15 is 0 Å². The zero-order valence-corrected chi connectivity index (χ0v) is 19.5. The number of nitrogens with one attached hydrogen (secondary N) is 2. The molecule has 1 aromatic heterocycles. The molecule has 0 saturated heterocycles. The summed E-state index contributed by atoms with van der Waals surface area (Å²) >= 11 is 0. The van der Waals surface area contributed by atoms with Crippen molar-refractivity contribution in [1.29, 1.82) is 0 Å². The first-order valence-electron chi connectivity index (χ1n) is 10.6. The van der Waals surface area contributed by atoms with Crippen molar-refractivity contribution < 1.29 is 19.5 Å². The fourth-order valence-electron chi connectivity index (χ4n) is 4.16. The number of likely N-dealkylation sites (N-methyl/N-ethyl adjacent to an activating group) is 1. The number of fused-ring (bicyclic) bond motifs is 1. The van der Waals surface area contributed by atoms with Gasteiger partial charge in [-0.25, -0.2) is 9.86 Å². The molecular weight excluding hydrogens is 406 g/mol. The molecule has 1 heterocycles. The lowest BCUT2D eigenvalue weighted by atomic mass is 9.82. The highest BCUT2D eigenvalue weighted by molar-refractivity contribution is 5.94. The van der Waals surface area contributed by atoms with E-state index in [1.54, 1.807) is 7.05 Å². The number of aryl methyl sites for hydroxylation is 2. The van der Waals surface area contributed by atoms with Crippen LogP contribution >= 0.6 is 0 Å². The van der Waals surface area contributed by atoms with Crippen molar-refractivity contribution >= 4 is 22.9 Å². The Morgan fingerprint density at radius 3 is 2.38 bits per heavy atom. The number of benzene rings is 2. The zero-order valence-electron chi connectivity index (χ0n) is 19.5. The lowest BCUT2D eigenvalue weighted by Gasteiger charge is -2.28. The van der Waals surface area contributed by atoms with Crippen LogP contribution in [-0.2, 0) is 21.5 Å². The fourth-order valence-corrected chi connectivity index (χ4v) is 4.16. The predicted molar refractivity (Wildman–Crippen MR) is 126 cm³/mol. The van der Waals surface area contributed by atoms with Crippen LogP contribution in [0.15, 0.2) is 36.4 Å². The van der Waals surface area contributed by atoms with Gasteiger partial charge in [0, 0.05) is 30.2 Å². The molecule has 32 heavy (non-hydrogen) atoms. The molecular formula is C25H31N3O4. The summed E-state index contributed by atoms with van der Waals surface area (Å²) in [7, 11) is 3.06. The highest BCUT2D eigenvalue weighted by Crippen LogP contribution is 2.35. The van der Waals surface area contributed by atoms with E-state index in [2.05, 4.69) is 42.3 Å². The molecule has 0 saturated carbocycles. The van der Waals surface area contributed by atoms with Gasteiger partial charge in [0.2, 0.25) is 0 Å². The molecule has 0 aliphatic heterocycles. The third-order valence-corrected chi connectivity index (χ3v) is 5.88. The molecule has 3 rings (SSSR count). The number of aromatic amines is 1. The Labute approximate surface area is 188 Å². The lowest BCUT2D eigenvalue weighted by molar-refractivity contribution is -0.174. The van der Waals surface area contributed by atoms with Gasteiger partial charge >= 0.3 is 6.09 Å². The molecule has 3 N–H and O–H groups in total. The van der Waals surface area contributed by atoms with Crippen LogP contribution in [0.4, 0.5) is 4.79 Å². The van der Waals surface area contributed by atoms with Crippen molar-refractivity contribution in [1.82, 2.24) is 15.4 Å². The van der Waals surface area contributed by atoms with Crippen LogP contribution in [0.25, 0.3) is 22.2 Å². The van der Waals surface area contributed by atoms with Gasteiger partial charge in [-0.1, -0.05) is 23.3 Å². The number of carboxylic acid groups (broad SMARTS) is 1. The fraction of sp³-hybridized carbons (Fsp3) is 0.360. The molecule has 7 heteroatoms. The summed E-state index contributed by atoms with van der Waals surface area (Å²) in [5.74, 6) is -0.154. The first-order valence-corrected chi connectivity index (χ1v) is 10.6. The minimum atomic E-state index is -1.05. The maximum atomic E-state index is 12.9. The van der Waals surface area contributed by atoms with E-state index in [4.69, 9.17) is 9.94 Å². The van der Waals surface area contributed by atoms with E-state index in [-0.39, 0.29) is 5.91 Å². The standard InChI is InChI=1S/C25H31N3O4/c1-15-11-16(2)13-17(12-15)22-19(9-10-26-24(30)31)20-14-18(7-8-21(20)27-22)25(3,4)23(29)28(5)32-6/h7-8,11-14,26-27H,9-10H2,1-6H3,(H,30,31). The van der Waals surface area contributed by atoms with Gasteiger partial charge in [0.25, 0.3) is 5.91 Å². The molecule has 0 atom stereocenters. The number of H-pyrrole nitrogens is 1. The Balaban J connectivity index is 2.16. The molecule has 0 unspecified atom stereocenters. The summed E-state index contributed by atoms with van der Waals surface area (Å²) < 4.78 is 0. The molecule has 2 aromatic carbocycles. The van der Waals surface area contributed by atoms with Crippen molar-refractivity contribution in [3.8, 4) is 11.3 Å². The first-order chi connectivity index (χ1) is 15.0. The van der Waals surface area contributed by atoms with Crippen LogP contribution in [0.2, 0.25) is 0 Å². The molecule has 0 fully saturated rings. The summed E-state index contributed by atoms with van der Waals surface area (Å²) in [6.07, 6.45) is -0.530. The quantitative estimate of drug-likeness (QED) is 0.472. The van der Waals surface area contributed by atoms with Gasteiger partial charge < -0.3 is 15.4 Å². The third kappa shape index (κ3) is 4.62. The van der Waals surface area contributed by atoms with E-state index in [1.807, 2.05) is 32.0 Å². The number of aromatic nitrogens is 1. The minimum Gasteiger partial charge on any atom is -0.465 e. The normalized spacial score (nSPS) is 11.6. The minimum absolute atomic E-state index is 0.154. The van der Waals surface area contributed by atoms with Crippen LogP contribution in [0.3, 0.4) is 0 Å². The Kier molecular flexibility index (Phi) is 6.60. The number of hydrogen-bond donors (Lipinski definition) is 3. The monoisotopic (exact) mass is 437 g/mol. The summed E-state index contributed by atoms with van der Waals surface area (Å²) in [4.78, 5) is 32.5. The van der Waals surface area contributed by atoms with Gasteiger partial charge in [0.1, 0.15) is 0 Å². The number of amides is 2. The molecule has 7 nitrogen and oxygen atoms in total. The number of hydroxylamine groups is 2. The van der Waals surface area contributed by atoms with Gasteiger partial charge in [-0.3, -0.25) is 9.63 Å². The lowest BCUT2D eigenvalue weighted by Crippen LogP contribution is -2.40. The molecule has 0 aliphatic rings. The highest BCUT2D eigenvalue weighted by atomic mass is 16.7. The van der Waals surface area contributed by atoms with Crippen molar-refractivity contribution in [3.05, 3.63) is 58.7 Å². The van der Waals surface area contributed by atoms with Gasteiger partial charge in [-0.05, 0) is 75.1 Å². The molecule has 0 radical (unpaired) electrons. The van der Waals surface area contributed by atoms with Crippen LogP contribution in [0.5, 0.6) is 0 Å². The summed E-state index contributed by atoms with van der Waals surface area (Å²) in [5, 5.41) is 13.7. The molecule has 2 amide bonds. The topological polar surface area (TPSA) is 94.7 Å². The largest absolute Gasteiger partial charge is 0.465 e. The third-order valence-electron chi connectivity index (χ3n) is 5.88. The predicted octanol–water partition coefficient (Wildman–Crippen LogP) is 4.56. The van der Waals surface area contributed by atoms with Gasteiger partial charge in [-0.2, -0.15) is 0 Å². The zero-order chi connectivity index (χ0) is 23.6. The van der Waals surface area contributed by atoms with Crippen LogP contribution in [0, 0.1) is 13.8 Å². The van der Waals surface area contributed by atoms with E-state index in [0.717, 1.165) is 44.4 Å². The Bertz CT molecular complexity index is 1140. The maximum Gasteiger partial charge on any atom is 0.404 e. The average Bonchev–Trinajstić information content (AvgIpc) is 3.09. The van der Waals surface area contributed by atoms with Gasteiger partial charge in [0.15, 0.2) is 0 Å². The number of hydrogen-bond acceptors (Lipinski definition) is 3. The number of carbonyl (C=O) groups excluding carboxylic acids is 1. The smallest absolute Gasteiger partial charge is 0.404 e. The second-order valence-corrected chi connectivity index (χ2v) is 8.71. The SMILES string of the molecule is CON(C)C(=O)C(C)(C)c1ccc2[nH]c(-c3cc(C)cc(C)c3)c(CCNC(=O)O)c2c1. The average molecular weight is 438 g/mol. The number of nitrogens with zero attached hydrogens (tertiary/aromatic N) is 1. The van der Waals surface area contributed by atoms with Crippen molar-refractivity contribution in [2.24, 2.45) is 0 Å². The number of rotatable bonds is 7. The highest BCUT2D eigenvalue weighted by Gasteiger charge is 2.33. The maximum absolute atomic E-state index is 12.9. The molecule has 0 bridgehead atoms. The van der Waals surface area contributed by atoms with E-state index < -0.39 is 11.5 Å². The molecule has 0 aliphatic carbocycles. The van der Waals surface area contributed by atoms with E-state index in [1.165, 1.54) is 12.2 Å². The van der Waals surface area contributed by atoms with E-state index in [0.29, 0.717) is 13.0 Å². The Morgan fingerprint density at radius 1 is 1.12 bits per heavy atom. The first kappa shape index (κ1) is 23.3. The summed E-state index contributed by atoms with van der Waals surface area (Å²) in [6, 6.07) is 12.3. The summed E-state index contributed by atoms with van der Waals surface area (Å²) in [5.41, 5.74) is 6.35. The Morgan fingerprint density at radius 2 is 1.78 bits per heavy atom. The molecule has 3 aromatic rings. The molecule has 170 valence electrons. The summed E-state index contributed by atoms with van der Waals surface area (Å²) in [6.45, 7) is 8.15. The number of carbonyl (C=O) groups is 2.